The van der Waals surface area contributed by atoms with E-state index in [1.54, 1.807) is 12.1 Å². The standard InChI is InChI=1S/C10H9Cl3O/c1-2-7-3-5-8(6-4-7)9(14)10(11,12)13/h3-6H,2H2,1H3. The minimum absolute atomic E-state index is 0.419. The summed E-state index contributed by atoms with van der Waals surface area (Å²) in [5.74, 6) is -0.495. The van der Waals surface area contributed by atoms with Crippen molar-refractivity contribution in [2.75, 3.05) is 0 Å². The minimum Gasteiger partial charge on any atom is -0.289 e. The lowest BCUT2D eigenvalue weighted by atomic mass is 10.1. The summed E-state index contributed by atoms with van der Waals surface area (Å²) >= 11 is 16.4. The second-order valence-corrected chi connectivity index (χ2v) is 5.16. The maximum atomic E-state index is 11.5. The molecule has 76 valence electrons. The number of Topliss-reactive ketones (excluding diaryl/α,β-unsaturated/α-hetero) is 1. The predicted octanol–water partition coefficient (Wildman–Crippen LogP) is 3.80. The van der Waals surface area contributed by atoms with Gasteiger partial charge >= 0.3 is 0 Å². The molecule has 0 bridgehead atoms. The van der Waals surface area contributed by atoms with E-state index in [2.05, 4.69) is 0 Å². The van der Waals surface area contributed by atoms with Gasteiger partial charge in [-0.2, -0.15) is 0 Å². The molecule has 1 nitrogen and oxygen atoms in total. The van der Waals surface area contributed by atoms with E-state index < -0.39 is 9.58 Å². The molecule has 0 amide bonds. The number of hydrogen-bond donors (Lipinski definition) is 0. The van der Waals surface area contributed by atoms with Crippen molar-refractivity contribution >= 4 is 40.6 Å². The molecule has 0 heterocycles. The molecule has 0 unspecified atom stereocenters. The average Bonchev–Trinajstić information content (AvgIpc) is 2.15. The molecule has 0 saturated carbocycles. The molecular formula is C10H9Cl3O. The third kappa shape index (κ3) is 2.88. The van der Waals surface area contributed by atoms with E-state index in [-0.39, 0.29) is 0 Å². The van der Waals surface area contributed by atoms with E-state index in [9.17, 15) is 4.79 Å². The van der Waals surface area contributed by atoms with Crippen LogP contribution in [0.2, 0.25) is 0 Å². The summed E-state index contributed by atoms with van der Waals surface area (Å²) in [6, 6.07) is 7.04. The number of carbonyl (C=O) groups is 1. The van der Waals surface area contributed by atoms with Crippen molar-refractivity contribution in [1.29, 1.82) is 0 Å². The van der Waals surface area contributed by atoms with Crippen LogP contribution < -0.4 is 0 Å². The molecule has 0 saturated heterocycles. The highest BCUT2D eigenvalue weighted by Crippen LogP contribution is 2.30. The molecule has 0 aliphatic carbocycles. The predicted molar refractivity (Wildman–Crippen MR) is 60.4 cm³/mol. The Morgan fingerprint density at radius 2 is 1.71 bits per heavy atom. The average molecular weight is 252 g/mol. The Hall–Kier alpha value is -0.240. The van der Waals surface area contributed by atoms with Gasteiger partial charge in [-0.1, -0.05) is 66.0 Å². The second kappa shape index (κ2) is 4.52. The highest BCUT2D eigenvalue weighted by Gasteiger charge is 2.31. The number of halogens is 3. The first-order valence-electron chi connectivity index (χ1n) is 4.15. The molecule has 0 radical (unpaired) electrons. The van der Waals surface area contributed by atoms with Gasteiger partial charge in [-0.25, -0.2) is 0 Å². The number of ketones is 1. The molecule has 0 N–H and O–H groups in total. The summed E-state index contributed by atoms with van der Waals surface area (Å²) in [5, 5.41) is 0. The van der Waals surface area contributed by atoms with Crippen molar-refractivity contribution in [3.8, 4) is 0 Å². The quantitative estimate of drug-likeness (QED) is 0.577. The zero-order valence-electron chi connectivity index (χ0n) is 7.56. The molecule has 0 aromatic heterocycles. The van der Waals surface area contributed by atoms with Gasteiger partial charge in [0.15, 0.2) is 0 Å². The van der Waals surface area contributed by atoms with Crippen LogP contribution in [-0.4, -0.2) is 9.58 Å². The fraction of sp³-hybridized carbons (Fsp3) is 0.300. The lowest BCUT2D eigenvalue weighted by Crippen LogP contribution is -2.18. The summed E-state index contributed by atoms with van der Waals surface area (Å²) < 4.78 is -1.87. The van der Waals surface area contributed by atoms with Crippen molar-refractivity contribution in [3.05, 3.63) is 35.4 Å². The molecule has 0 fully saturated rings. The Labute approximate surface area is 98.0 Å². The van der Waals surface area contributed by atoms with Crippen molar-refractivity contribution in [2.24, 2.45) is 0 Å². The monoisotopic (exact) mass is 250 g/mol. The first kappa shape index (κ1) is 11.8. The molecule has 4 heteroatoms. The van der Waals surface area contributed by atoms with Crippen LogP contribution in [-0.2, 0) is 6.42 Å². The van der Waals surface area contributed by atoms with Crippen molar-refractivity contribution < 1.29 is 4.79 Å². The zero-order valence-corrected chi connectivity index (χ0v) is 9.83. The van der Waals surface area contributed by atoms with Gasteiger partial charge in [-0.3, -0.25) is 4.79 Å². The minimum atomic E-state index is -1.87. The smallest absolute Gasteiger partial charge is 0.253 e. The SMILES string of the molecule is CCc1ccc(C(=O)C(Cl)(Cl)Cl)cc1. The Morgan fingerprint density at radius 3 is 2.07 bits per heavy atom. The number of benzene rings is 1. The topological polar surface area (TPSA) is 17.1 Å². The first-order valence-corrected chi connectivity index (χ1v) is 5.29. The van der Waals surface area contributed by atoms with Gasteiger partial charge in [0.1, 0.15) is 0 Å². The van der Waals surface area contributed by atoms with Gasteiger partial charge in [0, 0.05) is 5.56 Å². The number of alkyl halides is 3. The van der Waals surface area contributed by atoms with Gasteiger partial charge in [0.25, 0.3) is 3.79 Å². The van der Waals surface area contributed by atoms with E-state index in [0.717, 1.165) is 12.0 Å². The van der Waals surface area contributed by atoms with Gasteiger partial charge in [-0.05, 0) is 12.0 Å². The maximum Gasteiger partial charge on any atom is 0.253 e. The number of aryl methyl sites for hydroxylation is 1. The van der Waals surface area contributed by atoms with E-state index in [0.29, 0.717) is 5.56 Å². The highest BCUT2D eigenvalue weighted by atomic mass is 35.6. The fourth-order valence-corrected chi connectivity index (χ4v) is 1.38. The number of rotatable bonds is 2. The molecule has 14 heavy (non-hydrogen) atoms. The Bertz CT molecular complexity index is 324. The van der Waals surface area contributed by atoms with Gasteiger partial charge in [0.2, 0.25) is 5.78 Å². The van der Waals surface area contributed by atoms with Crippen LogP contribution in [0.4, 0.5) is 0 Å². The summed E-state index contributed by atoms with van der Waals surface area (Å²) in [6.45, 7) is 2.03. The van der Waals surface area contributed by atoms with Gasteiger partial charge < -0.3 is 0 Å². The Balaban J connectivity index is 2.93. The lowest BCUT2D eigenvalue weighted by molar-refractivity contribution is 0.0996. The van der Waals surface area contributed by atoms with E-state index in [4.69, 9.17) is 34.8 Å². The summed E-state index contributed by atoms with van der Waals surface area (Å²) in [6.07, 6.45) is 0.919. The molecule has 0 spiro atoms. The third-order valence-electron chi connectivity index (χ3n) is 1.88. The largest absolute Gasteiger partial charge is 0.289 e. The molecule has 0 atom stereocenters. The molecule has 1 aromatic carbocycles. The van der Waals surface area contributed by atoms with Crippen LogP contribution in [0.15, 0.2) is 24.3 Å². The molecule has 1 rings (SSSR count). The number of hydrogen-bond acceptors (Lipinski definition) is 1. The summed E-state index contributed by atoms with van der Waals surface area (Å²) in [4.78, 5) is 11.5. The van der Waals surface area contributed by atoms with Crippen LogP contribution >= 0.6 is 34.8 Å². The molecule has 1 aromatic rings. The molecule has 0 aliphatic heterocycles. The summed E-state index contributed by atoms with van der Waals surface area (Å²) in [5.41, 5.74) is 1.56. The second-order valence-electron chi connectivity index (χ2n) is 2.88. The normalized spacial score (nSPS) is 11.4. The van der Waals surface area contributed by atoms with Gasteiger partial charge in [-0.15, -0.1) is 0 Å². The Morgan fingerprint density at radius 1 is 1.21 bits per heavy atom. The van der Waals surface area contributed by atoms with Crippen molar-refractivity contribution in [1.82, 2.24) is 0 Å². The molecule has 0 aliphatic rings. The summed E-state index contributed by atoms with van der Waals surface area (Å²) in [7, 11) is 0. The molecular weight excluding hydrogens is 242 g/mol. The van der Waals surface area contributed by atoms with Crippen LogP contribution in [0.5, 0.6) is 0 Å². The third-order valence-corrected chi connectivity index (χ3v) is 2.40. The first-order chi connectivity index (χ1) is 6.45. The van der Waals surface area contributed by atoms with E-state index >= 15 is 0 Å². The Kier molecular flexibility index (Phi) is 3.82. The van der Waals surface area contributed by atoms with Crippen molar-refractivity contribution in [2.45, 2.75) is 17.1 Å². The number of carbonyl (C=O) groups excluding carboxylic acids is 1. The zero-order chi connectivity index (χ0) is 10.8. The van der Waals surface area contributed by atoms with E-state index in [1.165, 1.54) is 0 Å². The van der Waals surface area contributed by atoms with Gasteiger partial charge in [0.05, 0.1) is 0 Å². The highest BCUT2D eigenvalue weighted by molar-refractivity contribution is 6.77. The van der Waals surface area contributed by atoms with Crippen LogP contribution in [0.1, 0.15) is 22.8 Å². The van der Waals surface area contributed by atoms with E-state index in [1.807, 2.05) is 19.1 Å². The van der Waals surface area contributed by atoms with Crippen molar-refractivity contribution in [3.63, 3.8) is 0 Å². The van der Waals surface area contributed by atoms with Crippen LogP contribution in [0.3, 0.4) is 0 Å². The lowest BCUT2D eigenvalue weighted by Gasteiger charge is -2.09. The van der Waals surface area contributed by atoms with Crippen LogP contribution in [0.25, 0.3) is 0 Å². The fourth-order valence-electron chi connectivity index (χ4n) is 1.06. The van der Waals surface area contributed by atoms with Crippen LogP contribution in [0, 0.1) is 0 Å². The maximum absolute atomic E-state index is 11.5.